The Kier molecular flexibility index (Phi) is 7.29. The molecule has 0 amide bonds. The van der Waals surface area contributed by atoms with E-state index in [9.17, 15) is 4.79 Å². The number of ether oxygens (including phenoxy) is 2. The number of methoxy groups -OCH3 is 1. The first-order valence-corrected chi connectivity index (χ1v) is 6.92. The smallest absolute Gasteiger partial charge is 0.335 e. The molecule has 0 saturated carbocycles. The van der Waals surface area contributed by atoms with Gasteiger partial charge >= 0.3 is 5.97 Å². The minimum absolute atomic E-state index is 0.250. The van der Waals surface area contributed by atoms with Gasteiger partial charge < -0.3 is 14.6 Å². The molecule has 1 aromatic rings. The Morgan fingerprint density at radius 2 is 2.17 bits per heavy atom. The van der Waals surface area contributed by atoms with Crippen molar-refractivity contribution in [3.8, 4) is 5.75 Å². The normalized spacial score (nSPS) is 10.3. The summed E-state index contributed by atoms with van der Waals surface area (Å²) in [5.41, 5.74) is 0.250. The number of hydrogen-bond acceptors (Lipinski definition) is 4. The maximum absolute atomic E-state index is 10.8. The molecule has 1 aromatic carbocycles. The molecule has 0 radical (unpaired) electrons. The average Bonchev–Trinajstić information content (AvgIpc) is 2.38. The quantitative estimate of drug-likeness (QED) is 0.699. The van der Waals surface area contributed by atoms with Crippen LogP contribution in [-0.2, 0) is 4.74 Å². The van der Waals surface area contributed by atoms with Crippen molar-refractivity contribution >= 4 is 17.7 Å². The van der Waals surface area contributed by atoms with Gasteiger partial charge in [0.2, 0.25) is 0 Å². The van der Waals surface area contributed by atoms with Crippen molar-refractivity contribution in [2.24, 2.45) is 0 Å². The summed E-state index contributed by atoms with van der Waals surface area (Å²) in [6.45, 7) is 1.37. The van der Waals surface area contributed by atoms with Crippen LogP contribution in [0.1, 0.15) is 16.8 Å². The highest BCUT2D eigenvalue weighted by molar-refractivity contribution is 7.99. The number of thioether (sulfide) groups is 1. The Labute approximate surface area is 111 Å². The van der Waals surface area contributed by atoms with Gasteiger partial charge in [-0.05, 0) is 30.4 Å². The van der Waals surface area contributed by atoms with Crippen molar-refractivity contribution in [1.82, 2.24) is 0 Å². The van der Waals surface area contributed by atoms with Crippen LogP contribution in [0.25, 0.3) is 0 Å². The predicted octanol–water partition coefficient (Wildman–Crippen LogP) is 2.53. The van der Waals surface area contributed by atoms with E-state index in [1.54, 1.807) is 37.1 Å². The lowest BCUT2D eigenvalue weighted by Gasteiger charge is -2.06. The van der Waals surface area contributed by atoms with E-state index in [2.05, 4.69) is 0 Å². The van der Waals surface area contributed by atoms with Gasteiger partial charge in [0.1, 0.15) is 5.75 Å². The number of rotatable bonds is 9. The van der Waals surface area contributed by atoms with Crippen molar-refractivity contribution in [2.75, 3.05) is 31.8 Å². The summed E-state index contributed by atoms with van der Waals surface area (Å²) < 4.78 is 10.4. The summed E-state index contributed by atoms with van der Waals surface area (Å²) in [4.78, 5) is 10.8. The van der Waals surface area contributed by atoms with Crippen molar-refractivity contribution in [2.45, 2.75) is 6.42 Å². The Hall–Kier alpha value is -1.20. The van der Waals surface area contributed by atoms with E-state index >= 15 is 0 Å². The minimum Gasteiger partial charge on any atom is -0.493 e. The molecule has 18 heavy (non-hydrogen) atoms. The van der Waals surface area contributed by atoms with E-state index in [-0.39, 0.29) is 5.56 Å². The van der Waals surface area contributed by atoms with Crippen LogP contribution in [0.5, 0.6) is 5.75 Å². The Bertz CT molecular complexity index is 368. The Morgan fingerprint density at radius 1 is 1.33 bits per heavy atom. The van der Waals surface area contributed by atoms with Crippen LogP contribution < -0.4 is 4.74 Å². The van der Waals surface area contributed by atoms with Crippen LogP contribution in [0.2, 0.25) is 0 Å². The molecule has 1 N–H and O–H groups in total. The molecule has 0 aliphatic carbocycles. The van der Waals surface area contributed by atoms with Crippen LogP contribution >= 0.6 is 11.8 Å². The molecule has 100 valence electrons. The molecule has 0 unspecified atom stereocenters. The third-order valence-corrected chi connectivity index (χ3v) is 3.25. The molecular weight excluding hydrogens is 252 g/mol. The molecule has 0 aromatic heterocycles. The second kappa shape index (κ2) is 8.83. The summed E-state index contributed by atoms with van der Waals surface area (Å²) in [5.74, 6) is 1.61. The van der Waals surface area contributed by atoms with Crippen molar-refractivity contribution < 1.29 is 19.4 Å². The molecule has 0 bridgehead atoms. The zero-order valence-electron chi connectivity index (χ0n) is 10.4. The van der Waals surface area contributed by atoms with Gasteiger partial charge in [0.15, 0.2) is 0 Å². The van der Waals surface area contributed by atoms with E-state index in [0.717, 1.165) is 24.5 Å². The SMILES string of the molecule is COCCCSCCOc1cccc(C(=O)O)c1. The first-order valence-electron chi connectivity index (χ1n) is 5.77. The molecule has 0 fully saturated rings. The summed E-state index contributed by atoms with van der Waals surface area (Å²) in [6, 6.07) is 6.54. The molecular formula is C13H18O4S. The lowest BCUT2D eigenvalue weighted by Crippen LogP contribution is -2.03. The second-order valence-electron chi connectivity index (χ2n) is 3.64. The number of hydrogen-bond donors (Lipinski definition) is 1. The van der Waals surface area contributed by atoms with E-state index in [1.165, 1.54) is 6.07 Å². The molecule has 0 saturated heterocycles. The molecule has 5 heteroatoms. The Balaban J connectivity index is 2.19. The van der Waals surface area contributed by atoms with E-state index in [4.69, 9.17) is 14.6 Å². The number of carbonyl (C=O) groups is 1. The summed E-state index contributed by atoms with van der Waals surface area (Å²) in [5, 5.41) is 8.83. The average molecular weight is 270 g/mol. The minimum atomic E-state index is -0.936. The van der Waals surface area contributed by atoms with Gasteiger partial charge in [0.25, 0.3) is 0 Å². The third kappa shape index (κ3) is 5.93. The van der Waals surface area contributed by atoms with Gasteiger partial charge in [-0.15, -0.1) is 0 Å². The zero-order chi connectivity index (χ0) is 13.2. The number of carboxylic acids is 1. The highest BCUT2D eigenvalue weighted by Crippen LogP contribution is 2.14. The molecule has 0 aliphatic heterocycles. The first-order chi connectivity index (χ1) is 8.74. The lowest BCUT2D eigenvalue weighted by atomic mass is 10.2. The fourth-order valence-corrected chi connectivity index (χ4v) is 2.07. The highest BCUT2D eigenvalue weighted by Gasteiger charge is 2.03. The molecule has 1 rings (SSSR count). The van der Waals surface area contributed by atoms with Crippen LogP contribution in [-0.4, -0.2) is 42.9 Å². The summed E-state index contributed by atoms with van der Waals surface area (Å²) >= 11 is 1.80. The number of aromatic carboxylic acids is 1. The molecule has 4 nitrogen and oxygen atoms in total. The van der Waals surface area contributed by atoms with Gasteiger partial charge in [-0.2, -0.15) is 11.8 Å². The monoisotopic (exact) mass is 270 g/mol. The molecule has 0 spiro atoms. The fourth-order valence-electron chi connectivity index (χ4n) is 1.34. The van der Waals surface area contributed by atoms with Crippen LogP contribution in [0.3, 0.4) is 0 Å². The largest absolute Gasteiger partial charge is 0.493 e. The van der Waals surface area contributed by atoms with E-state index in [0.29, 0.717) is 12.4 Å². The number of benzene rings is 1. The molecule has 0 atom stereocenters. The van der Waals surface area contributed by atoms with Crippen molar-refractivity contribution in [3.63, 3.8) is 0 Å². The molecule has 0 heterocycles. The zero-order valence-corrected chi connectivity index (χ0v) is 11.2. The van der Waals surface area contributed by atoms with Gasteiger partial charge in [-0.25, -0.2) is 4.79 Å². The number of carboxylic acid groups (broad SMARTS) is 1. The maximum atomic E-state index is 10.8. The van der Waals surface area contributed by atoms with Crippen LogP contribution in [0, 0.1) is 0 Å². The fraction of sp³-hybridized carbons (Fsp3) is 0.462. The highest BCUT2D eigenvalue weighted by atomic mass is 32.2. The topological polar surface area (TPSA) is 55.8 Å². The van der Waals surface area contributed by atoms with Crippen molar-refractivity contribution in [3.05, 3.63) is 29.8 Å². The van der Waals surface area contributed by atoms with Gasteiger partial charge in [-0.3, -0.25) is 0 Å². The maximum Gasteiger partial charge on any atom is 0.335 e. The second-order valence-corrected chi connectivity index (χ2v) is 4.86. The predicted molar refractivity (Wildman–Crippen MR) is 72.7 cm³/mol. The lowest BCUT2D eigenvalue weighted by molar-refractivity contribution is 0.0696. The summed E-state index contributed by atoms with van der Waals surface area (Å²) in [6.07, 6.45) is 1.04. The first kappa shape index (κ1) is 14.9. The van der Waals surface area contributed by atoms with E-state index < -0.39 is 5.97 Å². The van der Waals surface area contributed by atoms with Gasteiger partial charge in [-0.1, -0.05) is 6.07 Å². The summed E-state index contributed by atoms with van der Waals surface area (Å²) in [7, 11) is 1.70. The molecule has 0 aliphatic rings. The van der Waals surface area contributed by atoms with Crippen LogP contribution in [0.15, 0.2) is 24.3 Å². The Morgan fingerprint density at radius 3 is 2.89 bits per heavy atom. The van der Waals surface area contributed by atoms with Gasteiger partial charge in [0.05, 0.1) is 12.2 Å². The van der Waals surface area contributed by atoms with E-state index in [1.807, 2.05) is 0 Å². The third-order valence-electron chi connectivity index (χ3n) is 2.21. The van der Waals surface area contributed by atoms with Gasteiger partial charge in [0, 0.05) is 19.5 Å². The van der Waals surface area contributed by atoms with Crippen molar-refractivity contribution in [1.29, 1.82) is 0 Å². The standard InChI is InChI=1S/C13H18O4S/c1-16-6-3-8-18-9-7-17-12-5-2-4-11(10-12)13(14)15/h2,4-5,10H,3,6-9H2,1H3,(H,14,15). The van der Waals surface area contributed by atoms with Crippen LogP contribution in [0.4, 0.5) is 0 Å².